The second-order valence-electron chi connectivity index (χ2n) is 4.50. The molecule has 7 heteroatoms. The lowest BCUT2D eigenvalue weighted by atomic mass is 10.2. The fraction of sp³-hybridized carbons (Fsp3) is 0.500. The van der Waals surface area contributed by atoms with Crippen molar-refractivity contribution in [2.24, 2.45) is 0 Å². The van der Waals surface area contributed by atoms with Crippen molar-refractivity contribution in [1.29, 1.82) is 0 Å². The molecule has 0 spiro atoms. The van der Waals surface area contributed by atoms with Crippen molar-refractivity contribution in [3.05, 3.63) is 22.7 Å². The van der Waals surface area contributed by atoms with E-state index in [1.165, 1.54) is 13.4 Å². The van der Waals surface area contributed by atoms with Gasteiger partial charge in [-0.3, -0.25) is 0 Å². The Hall–Kier alpha value is -0.980. The second kappa shape index (κ2) is 6.45. The van der Waals surface area contributed by atoms with Crippen molar-refractivity contribution in [2.75, 3.05) is 32.7 Å². The number of aromatic hydroxyl groups is 1. The Morgan fingerprint density at radius 1 is 1.42 bits per heavy atom. The number of nitrogens with zero attached hydrogens (tertiary/aromatic N) is 1. The summed E-state index contributed by atoms with van der Waals surface area (Å²) in [5, 5.41) is 9.83. The molecule has 0 bridgehead atoms. The predicted molar refractivity (Wildman–Crippen MR) is 75.7 cm³/mol. The van der Waals surface area contributed by atoms with E-state index in [1.807, 2.05) is 11.9 Å². The Morgan fingerprint density at radius 3 is 2.58 bits per heavy atom. The minimum absolute atomic E-state index is 0.0910. The first-order valence-electron chi connectivity index (χ1n) is 5.64. The normalized spacial score (nSPS) is 11.8. The van der Waals surface area contributed by atoms with Crippen LogP contribution in [0.4, 0.5) is 0 Å². The largest absolute Gasteiger partial charge is 0.503 e. The van der Waals surface area contributed by atoms with E-state index in [1.54, 1.807) is 12.1 Å². The highest BCUT2D eigenvalue weighted by molar-refractivity contribution is 7.90. The van der Waals surface area contributed by atoms with Gasteiger partial charge < -0.3 is 14.7 Å². The molecule has 1 aromatic rings. The number of halogens is 1. The number of hydrogen-bond donors (Lipinski definition) is 1. The molecule has 0 radical (unpaired) electrons. The van der Waals surface area contributed by atoms with Gasteiger partial charge >= 0.3 is 0 Å². The summed E-state index contributed by atoms with van der Waals surface area (Å²) >= 11 is 5.89. The van der Waals surface area contributed by atoms with Crippen LogP contribution >= 0.6 is 11.6 Å². The summed E-state index contributed by atoms with van der Waals surface area (Å²) in [6.45, 7) is 0.950. The van der Waals surface area contributed by atoms with Crippen molar-refractivity contribution < 1.29 is 18.3 Å². The molecule has 0 heterocycles. The molecule has 0 aliphatic rings. The maximum Gasteiger partial charge on any atom is 0.176 e. The molecule has 0 atom stereocenters. The van der Waals surface area contributed by atoms with E-state index in [2.05, 4.69) is 0 Å². The lowest BCUT2D eigenvalue weighted by Crippen LogP contribution is -2.24. The zero-order valence-corrected chi connectivity index (χ0v) is 12.8. The van der Waals surface area contributed by atoms with Gasteiger partial charge in [0, 0.05) is 19.3 Å². The first-order chi connectivity index (χ1) is 8.73. The lowest BCUT2D eigenvalue weighted by molar-refractivity contribution is 0.342. The van der Waals surface area contributed by atoms with Gasteiger partial charge in [0.1, 0.15) is 9.84 Å². The Labute approximate surface area is 118 Å². The zero-order chi connectivity index (χ0) is 14.6. The topological polar surface area (TPSA) is 66.8 Å². The molecule has 0 fully saturated rings. The average Bonchev–Trinajstić information content (AvgIpc) is 2.30. The van der Waals surface area contributed by atoms with Crippen LogP contribution in [0.1, 0.15) is 5.56 Å². The third-order valence-electron chi connectivity index (χ3n) is 2.60. The molecule has 5 nitrogen and oxygen atoms in total. The fourth-order valence-corrected chi connectivity index (χ4v) is 2.46. The molecule has 0 aliphatic carbocycles. The molecule has 0 amide bonds. The Morgan fingerprint density at radius 2 is 2.05 bits per heavy atom. The van der Waals surface area contributed by atoms with Crippen molar-refractivity contribution >= 4 is 21.4 Å². The number of hydrogen-bond acceptors (Lipinski definition) is 5. The van der Waals surface area contributed by atoms with Crippen LogP contribution in [-0.4, -0.2) is 51.1 Å². The van der Waals surface area contributed by atoms with E-state index in [4.69, 9.17) is 16.3 Å². The van der Waals surface area contributed by atoms with Gasteiger partial charge in [-0.05, 0) is 24.7 Å². The van der Waals surface area contributed by atoms with Crippen LogP contribution in [0.15, 0.2) is 12.1 Å². The molecule has 1 aromatic carbocycles. The van der Waals surface area contributed by atoms with Crippen molar-refractivity contribution in [3.8, 4) is 11.5 Å². The van der Waals surface area contributed by atoms with Crippen molar-refractivity contribution in [2.45, 2.75) is 6.54 Å². The van der Waals surface area contributed by atoms with Gasteiger partial charge in [0.2, 0.25) is 0 Å². The number of ether oxygens (including phenoxy) is 1. The Kier molecular flexibility index (Phi) is 5.46. The highest BCUT2D eigenvalue weighted by Gasteiger charge is 2.11. The summed E-state index contributed by atoms with van der Waals surface area (Å²) in [4.78, 5) is 1.86. The third kappa shape index (κ3) is 5.26. The van der Waals surface area contributed by atoms with Gasteiger partial charge in [-0.1, -0.05) is 11.6 Å². The van der Waals surface area contributed by atoms with E-state index in [-0.39, 0.29) is 16.5 Å². The van der Waals surface area contributed by atoms with Gasteiger partial charge in [-0.25, -0.2) is 8.42 Å². The molecule has 0 saturated heterocycles. The molecule has 0 saturated carbocycles. The van der Waals surface area contributed by atoms with Gasteiger partial charge in [0.25, 0.3) is 0 Å². The summed E-state index contributed by atoms with van der Waals surface area (Å²) in [5.74, 6) is 0.317. The van der Waals surface area contributed by atoms with Crippen LogP contribution in [0, 0.1) is 0 Å². The summed E-state index contributed by atoms with van der Waals surface area (Å²) in [7, 11) is 0.293. The quantitative estimate of drug-likeness (QED) is 0.863. The Balaban J connectivity index is 2.74. The van der Waals surface area contributed by atoms with E-state index in [9.17, 15) is 13.5 Å². The number of phenolic OH excluding ortho intramolecular Hbond substituents is 1. The SMILES string of the molecule is COc1cc(CN(C)CCS(C)(=O)=O)cc(Cl)c1O. The van der Waals surface area contributed by atoms with Crippen LogP contribution in [0.25, 0.3) is 0 Å². The highest BCUT2D eigenvalue weighted by Crippen LogP contribution is 2.35. The molecular formula is C12H18ClNO4S. The molecule has 0 aliphatic heterocycles. The molecule has 1 N–H and O–H groups in total. The molecule has 19 heavy (non-hydrogen) atoms. The van der Waals surface area contributed by atoms with E-state index in [0.717, 1.165) is 5.56 Å². The van der Waals surface area contributed by atoms with Gasteiger partial charge in [-0.2, -0.15) is 0 Å². The van der Waals surface area contributed by atoms with Crippen LogP contribution in [0.2, 0.25) is 5.02 Å². The van der Waals surface area contributed by atoms with Crippen molar-refractivity contribution in [3.63, 3.8) is 0 Å². The van der Waals surface area contributed by atoms with E-state index >= 15 is 0 Å². The number of rotatable bonds is 6. The highest BCUT2D eigenvalue weighted by atomic mass is 35.5. The number of methoxy groups -OCH3 is 1. The van der Waals surface area contributed by atoms with Crippen LogP contribution in [-0.2, 0) is 16.4 Å². The Bertz CT molecular complexity index is 545. The van der Waals surface area contributed by atoms with Crippen LogP contribution < -0.4 is 4.74 Å². The van der Waals surface area contributed by atoms with Gasteiger partial charge in [0.15, 0.2) is 11.5 Å². The fourth-order valence-electron chi connectivity index (χ4n) is 1.59. The summed E-state index contributed by atoms with van der Waals surface area (Å²) in [6.07, 6.45) is 1.21. The summed E-state index contributed by atoms with van der Waals surface area (Å²) in [6, 6.07) is 3.31. The number of phenols is 1. The first-order valence-corrected chi connectivity index (χ1v) is 8.08. The lowest BCUT2D eigenvalue weighted by Gasteiger charge is -2.17. The van der Waals surface area contributed by atoms with Crippen LogP contribution in [0.3, 0.4) is 0 Å². The third-order valence-corrected chi connectivity index (χ3v) is 3.82. The minimum Gasteiger partial charge on any atom is -0.503 e. The minimum atomic E-state index is -2.97. The van der Waals surface area contributed by atoms with E-state index < -0.39 is 9.84 Å². The van der Waals surface area contributed by atoms with Gasteiger partial charge in [0.05, 0.1) is 17.9 Å². The number of benzene rings is 1. The van der Waals surface area contributed by atoms with Crippen LogP contribution in [0.5, 0.6) is 11.5 Å². The zero-order valence-electron chi connectivity index (χ0n) is 11.2. The van der Waals surface area contributed by atoms with Gasteiger partial charge in [-0.15, -0.1) is 0 Å². The maximum atomic E-state index is 11.1. The van der Waals surface area contributed by atoms with Crippen molar-refractivity contribution in [1.82, 2.24) is 4.90 Å². The molecule has 108 valence electrons. The molecular weight excluding hydrogens is 290 g/mol. The average molecular weight is 308 g/mol. The first kappa shape index (κ1) is 16.1. The molecule has 0 aromatic heterocycles. The predicted octanol–water partition coefficient (Wildman–Crippen LogP) is 1.53. The standard InChI is InChI=1S/C12H18ClNO4S/c1-14(4-5-19(3,16)17)8-9-6-10(13)12(15)11(7-9)18-2/h6-7,15H,4-5,8H2,1-3H3. The smallest absolute Gasteiger partial charge is 0.176 e. The monoisotopic (exact) mass is 307 g/mol. The summed E-state index contributed by atoms with van der Waals surface area (Å²) < 4.78 is 27.2. The van der Waals surface area contributed by atoms with E-state index in [0.29, 0.717) is 18.8 Å². The molecule has 1 rings (SSSR count). The second-order valence-corrected chi connectivity index (χ2v) is 7.16. The summed E-state index contributed by atoms with van der Waals surface area (Å²) in [5.41, 5.74) is 0.843. The number of sulfone groups is 1. The maximum absolute atomic E-state index is 11.1. The molecule has 0 unspecified atom stereocenters.